The van der Waals surface area contributed by atoms with E-state index in [0.29, 0.717) is 24.1 Å². The van der Waals surface area contributed by atoms with E-state index >= 15 is 0 Å². The molecule has 0 bridgehead atoms. The van der Waals surface area contributed by atoms with Gasteiger partial charge in [0.25, 0.3) is 0 Å². The number of fused-ring (bicyclic) bond motifs is 1. The van der Waals surface area contributed by atoms with E-state index in [1.54, 1.807) is 4.90 Å². The molecule has 1 heterocycles. The van der Waals surface area contributed by atoms with E-state index in [4.69, 9.17) is 0 Å². The summed E-state index contributed by atoms with van der Waals surface area (Å²) in [6.45, 7) is 0.631. The minimum atomic E-state index is -1.08. The van der Waals surface area contributed by atoms with E-state index in [2.05, 4.69) is 0 Å². The van der Waals surface area contributed by atoms with Crippen LogP contribution in [0.1, 0.15) is 34.3 Å². The Morgan fingerprint density at radius 2 is 1.90 bits per heavy atom. The van der Waals surface area contributed by atoms with Crippen molar-refractivity contribution >= 4 is 11.9 Å². The fourth-order valence-electron chi connectivity index (χ4n) is 3.10. The highest BCUT2D eigenvalue weighted by Gasteiger charge is 2.30. The lowest BCUT2D eigenvalue weighted by atomic mass is 9.93. The number of carbonyl (C=O) groups is 2. The standard InChI is InChI=1S/C16H16FNO3/c17-14-6-5-12(16(20)21)13-9-18(8-7-11(13)14)15(19)10-3-1-2-4-10/h1-2,5-6,10H,3-4,7-9H2,(H,20,21). The van der Waals surface area contributed by atoms with Crippen LogP contribution in [0.3, 0.4) is 0 Å². The molecular formula is C16H16FNO3. The van der Waals surface area contributed by atoms with Crippen molar-refractivity contribution in [1.29, 1.82) is 0 Å². The summed E-state index contributed by atoms with van der Waals surface area (Å²) in [5.41, 5.74) is 0.963. The van der Waals surface area contributed by atoms with Crippen molar-refractivity contribution in [2.75, 3.05) is 6.54 Å². The normalized spacial score (nSPS) is 17.9. The highest BCUT2D eigenvalue weighted by Crippen LogP contribution is 2.28. The Balaban J connectivity index is 1.88. The van der Waals surface area contributed by atoms with Crippen LogP contribution in [-0.2, 0) is 17.8 Å². The van der Waals surface area contributed by atoms with E-state index in [9.17, 15) is 19.1 Å². The maximum atomic E-state index is 13.8. The van der Waals surface area contributed by atoms with E-state index in [-0.39, 0.29) is 29.8 Å². The molecule has 2 aliphatic rings. The second-order valence-corrected chi connectivity index (χ2v) is 5.51. The molecule has 1 aliphatic heterocycles. The second kappa shape index (κ2) is 5.31. The average molecular weight is 289 g/mol. The molecule has 0 saturated heterocycles. The molecule has 0 unspecified atom stereocenters. The number of nitrogens with zero attached hydrogens (tertiary/aromatic N) is 1. The summed E-state index contributed by atoms with van der Waals surface area (Å²) in [6.07, 6.45) is 5.81. The van der Waals surface area contributed by atoms with Crippen LogP contribution in [0.25, 0.3) is 0 Å². The van der Waals surface area contributed by atoms with Gasteiger partial charge in [-0.15, -0.1) is 0 Å². The van der Waals surface area contributed by atoms with Gasteiger partial charge in [-0.3, -0.25) is 4.79 Å². The van der Waals surface area contributed by atoms with Gasteiger partial charge in [0.2, 0.25) is 5.91 Å². The number of allylic oxidation sites excluding steroid dienone is 2. The van der Waals surface area contributed by atoms with Gasteiger partial charge in [0.15, 0.2) is 0 Å². The van der Waals surface area contributed by atoms with Crippen LogP contribution in [0.2, 0.25) is 0 Å². The lowest BCUT2D eigenvalue weighted by Crippen LogP contribution is -2.40. The molecule has 110 valence electrons. The summed E-state index contributed by atoms with van der Waals surface area (Å²) in [4.78, 5) is 25.4. The zero-order chi connectivity index (χ0) is 15.0. The average Bonchev–Trinajstić information content (AvgIpc) is 3.00. The molecule has 0 fully saturated rings. The van der Waals surface area contributed by atoms with E-state index in [1.165, 1.54) is 12.1 Å². The smallest absolute Gasteiger partial charge is 0.336 e. The first-order chi connectivity index (χ1) is 10.1. The Kier molecular flexibility index (Phi) is 3.49. The van der Waals surface area contributed by atoms with Crippen LogP contribution in [0.5, 0.6) is 0 Å². The summed E-state index contributed by atoms with van der Waals surface area (Å²) < 4.78 is 13.8. The molecule has 1 amide bonds. The lowest BCUT2D eigenvalue weighted by Gasteiger charge is -2.31. The number of rotatable bonds is 2. The summed E-state index contributed by atoms with van der Waals surface area (Å²) in [5, 5.41) is 9.23. The van der Waals surface area contributed by atoms with Gasteiger partial charge in [0.1, 0.15) is 5.82 Å². The maximum absolute atomic E-state index is 13.8. The topological polar surface area (TPSA) is 57.6 Å². The number of carbonyl (C=O) groups excluding carboxylic acids is 1. The largest absolute Gasteiger partial charge is 0.478 e. The minimum absolute atomic E-state index is 0.0336. The summed E-state index contributed by atoms with van der Waals surface area (Å²) in [5.74, 6) is -1.48. The first kappa shape index (κ1) is 13.8. The fraction of sp³-hybridized carbons (Fsp3) is 0.375. The van der Waals surface area contributed by atoms with Gasteiger partial charge in [-0.05, 0) is 42.5 Å². The Bertz CT molecular complexity index is 631. The first-order valence-corrected chi connectivity index (χ1v) is 7.05. The molecule has 0 saturated carbocycles. The predicted octanol–water partition coefficient (Wildman–Crippen LogP) is 2.37. The summed E-state index contributed by atoms with van der Waals surface area (Å²) >= 11 is 0. The fourth-order valence-corrected chi connectivity index (χ4v) is 3.10. The van der Waals surface area contributed by atoms with Crippen LogP contribution in [-0.4, -0.2) is 28.4 Å². The zero-order valence-electron chi connectivity index (χ0n) is 11.5. The quantitative estimate of drug-likeness (QED) is 0.850. The van der Waals surface area contributed by atoms with E-state index < -0.39 is 5.97 Å². The van der Waals surface area contributed by atoms with E-state index in [0.717, 1.165) is 12.8 Å². The van der Waals surface area contributed by atoms with Gasteiger partial charge in [-0.25, -0.2) is 9.18 Å². The number of carboxylic acids is 1. The van der Waals surface area contributed by atoms with Gasteiger partial charge >= 0.3 is 5.97 Å². The third-order valence-electron chi connectivity index (χ3n) is 4.25. The SMILES string of the molecule is O=C(O)c1ccc(F)c2c1CN(C(=O)C1CC=CC1)CC2. The van der Waals surface area contributed by atoms with Crippen molar-refractivity contribution in [1.82, 2.24) is 4.90 Å². The van der Waals surface area contributed by atoms with Crippen molar-refractivity contribution in [3.8, 4) is 0 Å². The molecule has 0 spiro atoms. The molecule has 1 N–H and O–H groups in total. The van der Waals surface area contributed by atoms with Gasteiger partial charge in [0, 0.05) is 19.0 Å². The van der Waals surface area contributed by atoms with Gasteiger partial charge in [-0.2, -0.15) is 0 Å². The maximum Gasteiger partial charge on any atom is 0.336 e. The van der Waals surface area contributed by atoms with Gasteiger partial charge in [-0.1, -0.05) is 12.2 Å². The number of amides is 1. The Labute approximate surface area is 121 Å². The number of aromatic carboxylic acids is 1. The van der Waals surface area contributed by atoms with Gasteiger partial charge < -0.3 is 10.0 Å². The molecular weight excluding hydrogens is 273 g/mol. The molecule has 1 aliphatic carbocycles. The monoisotopic (exact) mass is 289 g/mol. The Hall–Kier alpha value is -2.17. The van der Waals surface area contributed by atoms with Crippen molar-refractivity contribution in [2.24, 2.45) is 5.92 Å². The molecule has 0 aromatic heterocycles. The molecule has 21 heavy (non-hydrogen) atoms. The number of carboxylic acid groups (broad SMARTS) is 1. The number of halogens is 1. The third kappa shape index (κ3) is 2.44. The highest BCUT2D eigenvalue weighted by atomic mass is 19.1. The molecule has 4 nitrogen and oxygen atoms in total. The van der Waals surface area contributed by atoms with Crippen LogP contribution < -0.4 is 0 Å². The van der Waals surface area contributed by atoms with Crippen LogP contribution >= 0.6 is 0 Å². The van der Waals surface area contributed by atoms with Gasteiger partial charge in [0.05, 0.1) is 5.56 Å². The van der Waals surface area contributed by atoms with Crippen molar-refractivity contribution in [3.05, 3.63) is 46.8 Å². The minimum Gasteiger partial charge on any atom is -0.478 e. The van der Waals surface area contributed by atoms with Crippen molar-refractivity contribution in [2.45, 2.75) is 25.8 Å². The van der Waals surface area contributed by atoms with Crippen LogP contribution in [0, 0.1) is 11.7 Å². The Morgan fingerprint density at radius 3 is 2.57 bits per heavy atom. The molecule has 5 heteroatoms. The number of benzene rings is 1. The highest BCUT2D eigenvalue weighted by molar-refractivity contribution is 5.90. The third-order valence-corrected chi connectivity index (χ3v) is 4.25. The van der Waals surface area contributed by atoms with Crippen LogP contribution in [0.15, 0.2) is 24.3 Å². The van der Waals surface area contributed by atoms with Crippen LogP contribution in [0.4, 0.5) is 4.39 Å². The summed E-state index contributed by atoms with van der Waals surface area (Å²) in [6, 6.07) is 2.47. The predicted molar refractivity (Wildman–Crippen MR) is 74.3 cm³/mol. The molecule has 3 rings (SSSR count). The number of hydrogen-bond donors (Lipinski definition) is 1. The number of hydrogen-bond acceptors (Lipinski definition) is 2. The second-order valence-electron chi connectivity index (χ2n) is 5.51. The molecule has 1 aromatic rings. The van der Waals surface area contributed by atoms with Crippen molar-refractivity contribution in [3.63, 3.8) is 0 Å². The van der Waals surface area contributed by atoms with E-state index in [1.807, 2.05) is 12.2 Å². The summed E-state index contributed by atoms with van der Waals surface area (Å²) in [7, 11) is 0. The van der Waals surface area contributed by atoms with Crippen molar-refractivity contribution < 1.29 is 19.1 Å². The molecule has 0 atom stereocenters. The zero-order valence-corrected chi connectivity index (χ0v) is 11.5. The lowest BCUT2D eigenvalue weighted by molar-refractivity contribution is -0.136. The first-order valence-electron chi connectivity index (χ1n) is 7.05. The molecule has 1 aromatic carbocycles. The Morgan fingerprint density at radius 1 is 1.19 bits per heavy atom. The molecule has 0 radical (unpaired) electrons.